The predicted octanol–water partition coefficient (Wildman–Crippen LogP) is 2.95. The lowest BCUT2D eigenvalue weighted by Crippen LogP contribution is -2.50. The van der Waals surface area contributed by atoms with Crippen LogP contribution < -0.4 is 0 Å². The van der Waals surface area contributed by atoms with Crippen LogP contribution in [0.2, 0.25) is 0 Å². The summed E-state index contributed by atoms with van der Waals surface area (Å²) in [5.41, 5.74) is 0.916. The topological polar surface area (TPSA) is 23.6 Å². The van der Waals surface area contributed by atoms with Gasteiger partial charge in [-0.3, -0.25) is 9.69 Å². The van der Waals surface area contributed by atoms with Crippen LogP contribution in [-0.4, -0.2) is 48.4 Å². The molecule has 0 aromatic heterocycles. The Morgan fingerprint density at radius 2 is 1.77 bits per heavy atom. The van der Waals surface area contributed by atoms with Crippen molar-refractivity contribution in [2.45, 2.75) is 33.6 Å². The van der Waals surface area contributed by atoms with E-state index < -0.39 is 0 Å². The summed E-state index contributed by atoms with van der Waals surface area (Å²) in [7, 11) is 0. The summed E-state index contributed by atoms with van der Waals surface area (Å²) in [6, 6.07) is 6.69. The summed E-state index contributed by atoms with van der Waals surface area (Å²) in [5.74, 6) is -0.0797. The molecule has 122 valence electrons. The van der Waals surface area contributed by atoms with Crippen LogP contribution in [0.15, 0.2) is 24.3 Å². The van der Waals surface area contributed by atoms with Gasteiger partial charge in [-0.25, -0.2) is 4.39 Å². The fraction of sp³-hybridized carbons (Fsp3) is 0.611. The largest absolute Gasteiger partial charge is 0.340 e. The maximum absolute atomic E-state index is 13.6. The van der Waals surface area contributed by atoms with Gasteiger partial charge in [0.15, 0.2) is 0 Å². The number of rotatable bonds is 4. The molecule has 4 heteroatoms. The number of benzene rings is 1. The van der Waals surface area contributed by atoms with Gasteiger partial charge < -0.3 is 4.90 Å². The van der Waals surface area contributed by atoms with Crippen LogP contribution in [0, 0.1) is 11.2 Å². The Labute approximate surface area is 133 Å². The van der Waals surface area contributed by atoms with Gasteiger partial charge >= 0.3 is 0 Å². The number of nitrogens with zero attached hydrogens (tertiary/aromatic N) is 2. The highest BCUT2D eigenvalue weighted by molar-refractivity contribution is 5.76. The summed E-state index contributed by atoms with van der Waals surface area (Å²) in [6.45, 7) is 11.2. The van der Waals surface area contributed by atoms with Gasteiger partial charge in [0.25, 0.3) is 0 Å². The van der Waals surface area contributed by atoms with Crippen molar-refractivity contribution >= 4 is 5.91 Å². The Morgan fingerprint density at radius 3 is 2.36 bits per heavy atom. The molecule has 1 aliphatic rings. The summed E-state index contributed by atoms with van der Waals surface area (Å²) in [5, 5.41) is 0. The summed E-state index contributed by atoms with van der Waals surface area (Å²) >= 11 is 0. The number of hydrogen-bond donors (Lipinski definition) is 0. The van der Waals surface area contributed by atoms with Gasteiger partial charge in [-0.15, -0.1) is 0 Å². The molecule has 1 amide bonds. The Morgan fingerprint density at radius 1 is 1.14 bits per heavy atom. The smallest absolute Gasteiger partial charge is 0.222 e. The van der Waals surface area contributed by atoms with Crippen molar-refractivity contribution in [2.75, 3.05) is 32.7 Å². The molecular formula is C18H27FN2O. The van der Waals surface area contributed by atoms with Crippen LogP contribution >= 0.6 is 0 Å². The Kier molecular flexibility index (Phi) is 5.57. The highest BCUT2D eigenvalue weighted by atomic mass is 19.1. The number of carbonyl (C=O) groups excluding carboxylic acids is 1. The molecule has 1 aliphatic heterocycles. The molecule has 0 unspecified atom stereocenters. The van der Waals surface area contributed by atoms with Crippen molar-refractivity contribution in [3.05, 3.63) is 35.6 Å². The Bertz CT molecular complexity index is 502. The third kappa shape index (κ3) is 5.09. The fourth-order valence-corrected chi connectivity index (χ4v) is 2.93. The number of hydrogen-bond acceptors (Lipinski definition) is 2. The highest BCUT2D eigenvalue weighted by Crippen LogP contribution is 2.17. The van der Waals surface area contributed by atoms with Gasteiger partial charge in [-0.1, -0.05) is 39.0 Å². The van der Waals surface area contributed by atoms with Crippen molar-refractivity contribution in [1.29, 1.82) is 0 Å². The van der Waals surface area contributed by atoms with Crippen LogP contribution in [-0.2, 0) is 11.2 Å². The first-order valence-corrected chi connectivity index (χ1v) is 8.09. The zero-order valence-electron chi connectivity index (χ0n) is 13.9. The lowest BCUT2D eigenvalue weighted by Gasteiger charge is -2.37. The van der Waals surface area contributed by atoms with Crippen LogP contribution in [0.5, 0.6) is 0 Å². The third-order valence-electron chi connectivity index (χ3n) is 3.99. The average Bonchev–Trinajstić information content (AvgIpc) is 2.45. The second-order valence-corrected chi connectivity index (χ2v) is 7.31. The first-order chi connectivity index (χ1) is 10.3. The predicted molar refractivity (Wildman–Crippen MR) is 87.2 cm³/mol. The van der Waals surface area contributed by atoms with E-state index in [-0.39, 0.29) is 17.1 Å². The molecule has 1 aromatic carbocycles. The zero-order chi connectivity index (χ0) is 16.2. The van der Waals surface area contributed by atoms with Gasteiger partial charge in [-0.2, -0.15) is 0 Å². The van der Waals surface area contributed by atoms with Gasteiger partial charge in [0.05, 0.1) is 0 Å². The number of halogens is 1. The Balaban J connectivity index is 1.77. The van der Waals surface area contributed by atoms with E-state index in [9.17, 15) is 9.18 Å². The van der Waals surface area contributed by atoms with Gasteiger partial charge in [-0.05, 0) is 23.5 Å². The minimum atomic E-state index is -0.217. The molecule has 0 saturated carbocycles. The van der Waals surface area contributed by atoms with E-state index in [1.54, 1.807) is 12.1 Å². The molecular weight excluding hydrogens is 279 g/mol. The van der Waals surface area contributed by atoms with Crippen molar-refractivity contribution in [2.24, 2.45) is 5.41 Å². The van der Waals surface area contributed by atoms with Crippen LogP contribution in [0.25, 0.3) is 0 Å². The highest BCUT2D eigenvalue weighted by Gasteiger charge is 2.23. The first-order valence-electron chi connectivity index (χ1n) is 8.09. The molecule has 1 heterocycles. The fourth-order valence-electron chi connectivity index (χ4n) is 2.93. The molecule has 0 N–H and O–H groups in total. The molecule has 0 radical (unpaired) electrons. The SMILES string of the molecule is CC(C)(C)CN1CCN(C(=O)CCc2ccccc2F)CC1. The summed E-state index contributed by atoms with van der Waals surface area (Å²) in [6.07, 6.45) is 0.869. The van der Waals surface area contributed by atoms with E-state index in [2.05, 4.69) is 25.7 Å². The number of aryl methyl sites for hydroxylation is 1. The first kappa shape index (κ1) is 16.9. The van der Waals surface area contributed by atoms with E-state index in [4.69, 9.17) is 0 Å². The van der Waals surface area contributed by atoms with Crippen LogP contribution in [0.3, 0.4) is 0 Å². The van der Waals surface area contributed by atoms with E-state index >= 15 is 0 Å². The normalized spacial score (nSPS) is 16.8. The quantitative estimate of drug-likeness (QED) is 0.854. The third-order valence-corrected chi connectivity index (χ3v) is 3.99. The Hall–Kier alpha value is -1.42. The minimum absolute atomic E-state index is 0.138. The molecule has 1 aromatic rings. The lowest BCUT2D eigenvalue weighted by molar-refractivity contribution is -0.133. The van der Waals surface area contributed by atoms with Crippen molar-refractivity contribution in [1.82, 2.24) is 9.80 Å². The van der Waals surface area contributed by atoms with Gasteiger partial charge in [0.2, 0.25) is 5.91 Å². The number of piperazine rings is 1. The van der Waals surface area contributed by atoms with E-state index in [0.717, 1.165) is 32.7 Å². The van der Waals surface area contributed by atoms with E-state index in [1.165, 1.54) is 6.07 Å². The van der Waals surface area contributed by atoms with Crippen LogP contribution in [0.4, 0.5) is 4.39 Å². The summed E-state index contributed by atoms with van der Waals surface area (Å²) < 4.78 is 13.6. The van der Waals surface area contributed by atoms with Crippen LogP contribution in [0.1, 0.15) is 32.8 Å². The van der Waals surface area contributed by atoms with E-state index in [1.807, 2.05) is 11.0 Å². The molecule has 1 saturated heterocycles. The minimum Gasteiger partial charge on any atom is -0.340 e. The average molecular weight is 306 g/mol. The standard InChI is InChI=1S/C18H27FN2O/c1-18(2,3)14-20-10-12-21(13-11-20)17(22)9-8-15-6-4-5-7-16(15)19/h4-7H,8-14H2,1-3H3. The molecule has 0 atom stereocenters. The van der Waals surface area contributed by atoms with Gasteiger partial charge in [0.1, 0.15) is 5.82 Å². The van der Waals surface area contributed by atoms with Crippen molar-refractivity contribution in [3.8, 4) is 0 Å². The molecule has 0 spiro atoms. The van der Waals surface area contributed by atoms with E-state index in [0.29, 0.717) is 18.4 Å². The molecule has 2 rings (SSSR count). The summed E-state index contributed by atoms with van der Waals surface area (Å²) in [4.78, 5) is 16.6. The monoisotopic (exact) mass is 306 g/mol. The molecule has 0 aliphatic carbocycles. The molecule has 0 bridgehead atoms. The number of carbonyl (C=O) groups is 1. The molecule has 3 nitrogen and oxygen atoms in total. The van der Waals surface area contributed by atoms with Gasteiger partial charge in [0, 0.05) is 39.1 Å². The molecule has 1 fully saturated rings. The lowest BCUT2D eigenvalue weighted by atomic mass is 9.96. The van der Waals surface area contributed by atoms with Crippen molar-refractivity contribution < 1.29 is 9.18 Å². The maximum Gasteiger partial charge on any atom is 0.222 e. The molecule has 22 heavy (non-hydrogen) atoms. The van der Waals surface area contributed by atoms with Crippen molar-refractivity contribution in [3.63, 3.8) is 0 Å². The maximum atomic E-state index is 13.6. The number of amides is 1. The second kappa shape index (κ2) is 7.23. The zero-order valence-corrected chi connectivity index (χ0v) is 13.9. The second-order valence-electron chi connectivity index (χ2n) is 7.31.